The van der Waals surface area contributed by atoms with Crippen LogP contribution in [-0.2, 0) is 0 Å². The SMILES string of the molecule is CCOc1cc([C@H](N)CO)ccc1OC(C)C. The second-order valence-corrected chi connectivity index (χ2v) is 4.09. The molecule has 4 heteroatoms. The number of aliphatic hydroxyl groups is 1. The molecule has 1 aromatic carbocycles. The van der Waals surface area contributed by atoms with Crippen molar-refractivity contribution in [3.63, 3.8) is 0 Å². The van der Waals surface area contributed by atoms with Crippen LogP contribution in [0.4, 0.5) is 0 Å². The van der Waals surface area contributed by atoms with Gasteiger partial charge in [-0.2, -0.15) is 0 Å². The van der Waals surface area contributed by atoms with Gasteiger partial charge in [-0.1, -0.05) is 6.07 Å². The molecule has 0 bridgehead atoms. The minimum absolute atomic E-state index is 0.0874. The standard InChI is InChI=1S/C13H21NO3/c1-4-16-13-7-10(11(14)8-15)5-6-12(13)17-9(2)3/h5-7,9,11,15H,4,8,14H2,1-3H3/t11-/m1/s1. The van der Waals surface area contributed by atoms with Crippen LogP contribution in [0.1, 0.15) is 32.4 Å². The van der Waals surface area contributed by atoms with Gasteiger partial charge < -0.3 is 20.3 Å². The molecule has 0 aliphatic carbocycles. The summed E-state index contributed by atoms with van der Waals surface area (Å²) >= 11 is 0. The van der Waals surface area contributed by atoms with Crippen molar-refractivity contribution < 1.29 is 14.6 Å². The summed E-state index contributed by atoms with van der Waals surface area (Å²) in [6.45, 7) is 6.31. The summed E-state index contributed by atoms with van der Waals surface area (Å²) in [6, 6.07) is 5.11. The first-order valence-corrected chi connectivity index (χ1v) is 5.88. The van der Waals surface area contributed by atoms with Crippen molar-refractivity contribution in [2.24, 2.45) is 5.73 Å². The van der Waals surface area contributed by atoms with Gasteiger partial charge in [0.2, 0.25) is 0 Å². The van der Waals surface area contributed by atoms with Crippen LogP contribution in [-0.4, -0.2) is 24.4 Å². The van der Waals surface area contributed by atoms with Crippen molar-refractivity contribution in [1.82, 2.24) is 0 Å². The first-order valence-electron chi connectivity index (χ1n) is 5.88. The lowest BCUT2D eigenvalue weighted by Gasteiger charge is -2.17. The van der Waals surface area contributed by atoms with Crippen LogP contribution in [0.2, 0.25) is 0 Å². The Morgan fingerprint density at radius 1 is 1.29 bits per heavy atom. The molecular weight excluding hydrogens is 218 g/mol. The number of benzene rings is 1. The van der Waals surface area contributed by atoms with Gasteiger partial charge in [-0.3, -0.25) is 0 Å². The number of ether oxygens (including phenoxy) is 2. The molecule has 4 nitrogen and oxygen atoms in total. The summed E-state index contributed by atoms with van der Waals surface area (Å²) in [5, 5.41) is 9.03. The first-order chi connectivity index (χ1) is 8.08. The van der Waals surface area contributed by atoms with E-state index in [2.05, 4.69) is 0 Å². The second-order valence-electron chi connectivity index (χ2n) is 4.09. The van der Waals surface area contributed by atoms with Crippen molar-refractivity contribution in [1.29, 1.82) is 0 Å². The van der Waals surface area contributed by atoms with E-state index in [0.717, 1.165) is 5.56 Å². The van der Waals surface area contributed by atoms with Crippen molar-refractivity contribution >= 4 is 0 Å². The highest BCUT2D eigenvalue weighted by Crippen LogP contribution is 2.30. The largest absolute Gasteiger partial charge is 0.490 e. The third kappa shape index (κ3) is 3.91. The lowest BCUT2D eigenvalue weighted by molar-refractivity contribution is 0.223. The fraction of sp³-hybridized carbons (Fsp3) is 0.538. The average molecular weight is 239 g/mol. The van der Waals surface area contributed by atoms with Gasteiger partial charge in [0.15, 0.2) is 11.5 Å². The van der Waals surface area contributed by atoms with E-state index in [0.29, 0.717) is 18.1 Å². The van der Waals surface area contributed by atoms with Gasteiger partial charge in [-0.05, 0) is 38.5 Å². The van der Waals surface area contributed by atoms with Crippen molar-refractivity contribution in [2.45, 2.75) is 32.9 Å². The lowest BCUT2D eigenvalue weighted by Crippen LogP contribution is -2.15. The first kappa shape index (κ1) is 13.8. The Balaban J connectivity index is 2.98. The fourth-order valence-electron chi connectivity index (χ4n) is 1.48. The van der Waals surface area contributed by atoms with E-state index in [-0.39, 0.29) is 18.8 Å². The predicted octanol–water partition coefficient (Wildman–Crippen LogP) is 1.86. The average Bonchev–Trinajstić information content (AvgIpc) is 2.30. The van der Waals surface area contributed by atoms with Gasteiger partial charge in [0, 0.05) is 0 Å². The molecule has 1 aromatic rings. The summed E-state index contributed by atoms with van der Waals surface area (Å²) in [7, 11) is 0. The smallest absolute Gasteiger partial charge is 0.161 e. The zero-order valence-corrected chi connectivity index (χ0v) is 10.6. The minimum atomic E-state index is -0.387. The van der Waals surface area contributed by atoms with Gasteiger partial charge in [-0.25, -0.2) is 0 Å². The normalized spacial score (nSPS) is 12.6. The Kier molecular flexibility index (Phi) is 5.25. The number of hydrogen-bond acceptors (Lipinski definition) is 4. The summed E-state index contributed by atoms with van der Waals surface area (Å²) in [6.07, 6.45) is 0.0894. The quantitative estimate of drug-likeness (QED) is 0.795. The van der Waals surface area contributed by atoms with Crippen LogP contribution in [0.5, 0.6) is 11.5 Å². The molecule has 0 spiro atoms. The van der Waals surface area contributed by atoms with Crippen LogP contribution in [0.15, 0.2) is 18.2 Å². The highest BCUT2D eigenvalue weighted by atomic mass is 16.5. The van der Waals surface area contributed by atoms with Crippen molar-refractivity contribution in [2.75, 3.05) is 13.2 Å². The summed E-state index contributed by atoms with van der Waals surface area (Å²) < 4.78 is 11.1. The molecule has 0 saturated heterocycles. The topological polar surface area (TPSA) is 64.7 Å². The van der Waals surface area contributed by atoms with Gasteiger partial charge in [0.25, 0.3) is 0 Å². The summed E-state index contributed by atoms with van der Waals surface area (Å²) in [5.41, 5.74) is 6.60. The molecule has 0 amide bonds. The van der Waals surface area contributed by atoms with Crippen LogP contribution in [0.3, 0.4) is 0 Å². The van der Waals surface area contributed by atoms with E-state index in [1.165, 1.54) is 0 Å². The molecular formula is C13H21NO3. The summed E-state index contributed by atoms with van der Waals surface area (Å²) in [4.78, 5) is 0. The van der Waals surface area contributed by atoms with E-state index in [4.69, 9.17) is 20.3 Å². The van der Waals surface area contributed by atoms with Crippen LogP contribution in [0.25, 0.3) is 0 Å². The molecule has 0 aromatic heterocycles. The Labute approximate surface area is 102 Å². The van der Waals surface area contributed by atoms with Crippen LogP contribution in [0, 0.1) is 0 Å². The van der Waals surface area contributed by atoms with Crippen molar-refractivity contribution in [3.8, 4) is 11.5 Å². The van der Waals surface area contributed by atoms with E-state index < -0.39 is 0 Å². The second kappa shape index (κ2) is 6.47. The van der Waals surface area contributed by atoms with Gasteiger partial charge in [-0.15, -0.1) is 0 Å². The van der Waals surface area contributed by atoms with E-state index in [1.54, 1.807) is 0 Å². The third-order valence-corrected chi connectivity index (χ3v) is 2.26. The number of aliphatic hydroxyl groups excluding tert-OH is 1. The third-order valence-electron chi connectivity index (χ3n) is 2.26. The monoisotopic (exact) mass is 239 g/mol. The maximum Gasteiger partial charge on any atom is 0.161 e. The Morgan fingerprint density at radius 3 is 2.53 bits per heavy atom. The highest BCUT2D eigenvalue weighted by Gasteiger charge is 2.11. The molecule has 0 heterocycles. The molecule has 0 unspecified atom stereocenters. The predicted molar refractivity (Wildman–Crippen MR) is 67.4 cm³/mol. The van der Waals surface area contributed by atoms with Crippen molar-refractivity contribution in [3.05, 3.63) is 23.8 Å². The molecule has 0 saturated carbocycles. The number of hydrogen-bond donors (Lipinski definition) is 2. The molecule has 0 aliphatic rings. The van der Waals surface area contributed by atoms with E-state index in [9.17, 15) is 0 Å². The molecule has 1 atom stereocenters. The molecule has 1 rings (SSSR count). The Hall–Kier alpha value is -1.26. The molecule has 96 valence electrons. The maximum atomic E-state index is 9.03. The van der Waals surface area contributed by atoms with E-state index >= 15 is 0 Å². The molecule has 0 radical (unpaired) electrons. The number of rotatable bonds is 6. The lowest BCUT2D eigenvalue weighted by atomic mass is 10.1. The minimum Gasteiger partial charge on any atom is -0.490 e. The Morgan fingerprint density at radius 2 is 2.00 bits per heavy atom. The molecule has 3 N–H and O–H groups in total. The molecule has 17 heavy (non-hydrogen) atoms. The summed E-state index contributed by atoms with van der Waals surface area (Å²) in [5.74, 6) is 1.37. The van der Waals surface area contributed by atoms with E-state index in [1.807, 2.05) is 39.0 Å². The fourth-order valence-corrected chi connectivity index (χ4v) is 1.48. The van der Waals surface area contributed by atoms with Crippen LogP contribution >= 0.6 is 0 Å². The number of nitrogens with two attached hydrogens (primary N) is 1. The zero-order valence-electron chi connectivity index (χ0n) is 10.6. The van der Waals surface area contributed by atoms with Gasteiger partial charge in [0.1, 0.15) is 0 Å². The Bertz CT molecular complexity index is 353. The maximum absolute atomic E-state index is 9.03. The van der Waals surface area contributed by atoms with Gasteiger partial charge in [0.05, 0.1) is 25.4 Å². The zero-order chi connectivity index (χ0) is 12.8. The highest BCUT2D eigenvalue weighted by molar-refractivity contribution is 5.44. The molecule has 0 aliphatic heterocycles. The van der Waals surface area contributed by atoms with Gasteiger partial charge >= 0.3 is 0 Å². The molecule has 0 fully saturated rings. The van der Waals surface area contributed by atoms with Crippen LogP contribution < -0.4 is 15.2 Å².